The van der Waals surface area contributed by atoms with Gasteiger partial charge >= 0.3 is 0 Å². The number of halogens is 1. The number of rotatable bonds is 5. The molecule has 1 fully saturated rings. The number of anilines is 1. The van der Waals surface area contributed by atoms with E-state index in [1.54, 1.807) is 6.20 Å². The fourth-order valence-electron chi connectivity index (χ4n) is 3.32. The van der Waals surface area contributed by atoms with Crippen molar-refractivity contribution in [2.24, 2.45) is 5.92 Å². The molecule has 6 heteroatoms. The first kappa shape index (κ1) is 16.6. The van der Waals surface area contributed by atoms with E-state index >= 15 is 0 Å². The summed E-state index contributed by atoms with van der Waals surface area (Å²) in [6, 6.07) is 3.87. The lowest BCUT2D eigenvalue weighted by molar-refractivity contribution is 0.209. The summed E-state index contributed by atoms with van der Waals surface area (Å²) in [5.41, 5.74) is 0.667. The molecule has 1 aliphatic rings. The number of nitrogens with zero attached hydrogens (tertiary/aromatic N) is 2. The van der Waals surface area contributed by atoms with Crippen LogP contribution >= 0.6 is 0 Å². The summed E-state index contributed by atoms with van der Waals surface area (Å²) in [4.78, 5) is 8.53. The van der Waals surface area contributed by atoms with Gasteiger partial charge in [-0.05, 0) is 30.9 Å². The molecule has 0 unspecified atom stereocenters. The maximum Gasteiger partial charge on any atom is 0.145 e. The zero-order valence-corrected chi connectivity index (χ0v) is 13.5. The number of nitrogens with one attached hydrogen (secondary N) is 1. The predicted molar refractivity (Wildman–Crippen MR) is 90.2 cm³/mol. The highest BCUT2D eigenvalue weighted by Crippen LogP contribution is 2.29. The van der Waals surface area contributed by atoms with Crippen LogP contribution in [0, 0.1) is 11.7 Å². The Balaban J connectivity index is 1.79. The number of hydrogen-bond donors (Lipinski definition) is 3. The van der Waals surface area contributed by atoms with Crippen LogP contribution in [-0.4, -0.2) is 32.8 Å². The average molecular weight is 331 g/mol. The Kier molecular flexibility index (Phi) is 5.25. The molecule has 0 radical (unpaired) electrons. The molecule has 3 N–H and O–H groups in total. The third-order valence-corrected chi connectivity index (χ3v) is 4.61. The molecular weight excluding hydrogens is 309 g/mol. The van der Waals surface area contributed by atoms with Crippen LogP contribution < -0.4 is 5.32 Å². The molecule has 0 bridgehead atoms. The minimum atomic E-state index is -0.549. The lowest BCUT2D eigenvalue weighted by atomic mass is 9.84. The Morgan fingerprint density at radius 2 is 2.00 bits per heavy atom. The molecule has 1 aliphatic carbocycles. The third-order valence-electron chi connectivity index (χ3n) is 4.61. The topological polar surface area (TPSA) is 78.3 Å². The van der Waals surface area contributed by atoms with Crippen molar-refractivity contribution < 1.29 is 14.6 Å². The van der Waals surface area contributed by atoms with Crippen molar-refractivity contribution in [3.63, 3.8) is 0 Å². The van der Waals surface area contributed by atoms with E-state index in [1.807, 2.05) is 0 Å². The molecule has 5 nitrogen and oxygen atoms in total. The van der Waals surface area contributed by atoms with E-state index in [2.05, 4.69) is 15.3 Å². The largest absolute Gasteiger partial charge is 0.508 e. The fourth-order valence-corrected chi connectivity index (χ4v) is 3.32. The molecule has 128 valence electrons. The maximum atomic E-state index is 14.0. The van der Waals surface area contributed by atoms with Crippen LogP contribution in [0.1, 0.15) is 32.1 Å². The third kappa shape index (κ3) is 3.82. The van der Waals surface area contributed by atoms with Crippen molar-refractivity contribution in [3.8, 4) is 17.0 Å². The highest BCUT2D eigenvalue weighted by Gasteiger charge is 2.23. The van der Waals surface area contributed by atoms with Crippen LogP contribution in [0.15, 0.2) is 30.6 Å². The highest BCUT2D eigenvalue weighted by atomic mass is 19.1. The van der Waals surface area contributed by atoms with Gasteiger partial charge in [0.15, 0.2) is 0 Å². The van der Waals surface area contributed by atoms with Gasteiger partial charge in [0.25, 0.3) is 0 Å². The Labute approximate surface area is 140 Å². The first-order valence-corrected chi connectivity index (χ1v) is 8.35. The summed E-state index contributed by atoms with van der Waals surface area (Å²) in [6.45, 7) is 0.0319. The molecule has 1 atom stereocenters. The molecule has 2 aromatic rings. The molecule has 1 saturated carbocycles. The van der Waals surface area contributed by atoms with E-state index in [0.717, 1.165) is 18.9 Å². The van der Waals surface area contributed by atoms with Crippen molar-refractivity contribution in [2.45, 2.75) is 38.1 Å². The maximum absolute atomic E-state index is 14.0. The van der Waals surface area contributed by atoms with Crippen LogP contribution in [0.3, 0.4) is 0 Å². The van der Waals surface area contributed by atoms with Crippen molar-refractivity contribution in [3.05, 3.63) is 36.4 Å². The first-order chi connectivity index (χ1) is 11.7. The van der Waals surface area contributed by atoms with Gasteiger partial charge in [-0.3, -0.25) is 4.98 Å². The van der Waals surface area contributed by atoms with Gasteiger partial charge in [0.1, 0.15) is 17.4 Å². The van der Waals surface area contributed by atoms with Crippen LogP contribution in [0.4, 0.5) is 10.2 Å². The SMILES string of the molecule is OC[C@H](Nc1cncc(-c2ccc(O)cc2F)n1)C1CCCCC1. The number of aliphatic hydroxyl groups excluding tert-OH is 1. The predicted octanol–water partition coefficient (Wildman–Crippen LogP) is 3.34. The number of benzene rings is 1. The lowest BCUT2D eigenvalue weighted by Gasteiger charge is -2.30. The van der Waals surface area contributed by atoms with Crippen molar-refractivity contribution >= 4 is 5.82 Å². The molecule has 1 aromatic heterocycles. The Hall–Kier alpha value is -2.21. The minimum Gasteiger partial charge on any atom is -0.508 e. The van der Waals surface area contributed by atoms with Crippen molar-refractivity contribution in [1.82, 2.24) is 9.97 Å². The van der Waals surface area contributed by atoms with Gasteiger partial charge in [0, 0.05) is 11.6 Å². The molecule has 0 amide bonds. The summed E-state index contributed by atoms with van der Waals surface area (Å²) >= 11 is 0. The Morgan fingerprint density at radius 1 is 1.21 bits per heavy atom. The minimum absolute atomic E-state index is 0.0319. The van der Waals surface area contributed by atoms with E-state index in [-0.39, 0.29) is 24.0 Å². The number of aliphatic hydroxyl groups is 1. The van der Waals surface area contributed by atoms with Crippen LogP contribution in [0.25, 0.3) is 11.3 Å². The standard InChI is InChI=1S/C18H22FN3O2/c19-15-8-13(24)6-7-14(15)16-9-20-10-18(21-16)22-17(11-23)12-4-2-1-3-5-12/h6-10,12,17,23-24H,1-5,11H2,(H,21,22)/t17-/m0/s1. The van der Waals surface area contributed by atoms with Gasteiger partial charge in [-0.2, -0.15) is 0 Å². The first-order valence-electron chi connectivity index (χ1n) is 8.35. The Morgan fingerprint density at radius 3 is 2.71 bits per heavy atom. The van der Waals surface area contributed by atoms with Gasteiger partial charge < -0.3 is 15.5 Å². The lowest BCUT2D eigenvalue weighted by Crippen LogP contribution is -2.34. The fraction of sp³-hybridized carbons (Fsp3) is 0.444. The van der Waals surface area contributed by atoms with E-state index in [0.29, 0.717) is 17.4 Å². The smallest absolute Gasteiger partial charge is 0.145 e. The molecule has 1 heterocycles. The molecule has 24 heavy (non-hydrogen) atoms. The molecule has 0 saturated heterocycles. The monoisotopic (exact) mass is 331 g/mol. The second-order valence-corrected chi connectivity index (χ2v) is 6.29. The number of hydrogen-bond acceptors (Lipinski definition) is 5. The highest BCUT2D eigenvalue weighted by molar-refractivity contribution is 5.61. The normalized spacial score (nSPS) is 16.8. The number of aromatic nitrogens is 2. The molecule has 0 spiro atoms. The quantitative estimate of drug-likeness (QED) is 0.783. The van der Waals surface area contributed by atoms with E-state index in [9.17, 15) is 14.6 Å². The van der Waals surface area contributed by atoms with Gasteiger partial charge in [-0.1, -0.05) is 19.3 Å². The van der Waals surface area contributed by atoms with E-state index in [4.69, 9.17) is 0 Å². The van der Waals surface area contributed by atoms with Gasteiger partial charge in [0.05, 0.1) is 30.7 Å². The molecule has 0 aliphatic heterocycles. The summed E-state index contributed by atoms with van der Waals surface area (Å²) in [5, 5.41) is 22.3. The summed E-state index contributed by atoms with van der Waals surface area (Å²) in [6.07, 6.45) is 8.88. The summed E-state index contributed by atoms with van der Waals surface area (Å²) < 4.78 is 14.0. The van der Waals surface area contributed by atoms with Crippen LogP contribution in [-0.2, 0) is 0 Å². The zero-order chi connectivity index (χ0) is 16.9. The number of aromatic hydroxyl groups is 1. The molecule has 3 rings (SSSR count). The second-order valence-electron chi connectivity index (χ2n) is 6.29. The average Bonchev–Trinajstić information content (AvgIpc) is 2.60. The van der Waals surface area contributed by atoms with E-state index in [1.165, 1.54) is 37.6 Å². The van der Waals surface area contributed by atoms with Crippen molar-refractivity contribution in [1.29, 1.82) is 0 Å². The van der Waals surface area contributed by atoms with E-state index < -0.39 is 5.82 Å². The van der Waals surface area contributed by atoms with Crippen LogP contribution in [0.5, 0.6) is 5.75 Å². The van der Waals surface area contributed by atoms with Gasteiger partial charge in [-0.25, -0.2) is 9.37 Å². The Bertz CT molecular complexity index is 690. The van der Waals surface area contributed by atoms with Gasteiger partial charge in [0.2, 0.25) is 0 Å². The zero-order valence-electron chi connectivity index (χ0n) is 13.5. The number of phenolic OH excluding ortho intramolecular Hbond substituents is 1. The van der Waals surface area contributed by atoms with Gasteiger partial charge in [-0.15, -0.1) is 0 Å². The molecule has 1 aromatic carbocycles. The summed E-state index contributed by atoms with van der Waals surface area (Å²) in [7, 11) is 0. The van der Waals surface area contributed by atoms with Crippen molar-refractivity contribution in [2.75, 3.05) is 11.9 Å². The second kappa shape index (κ2) is 7.57. The summed E-state index contributed by atoms with van der Waals surface area (Å²) in [5.74, 6) is 0.257. The van der Waals surface area contributed by atoms with Crippen LogP contribution in [0.2, 0.25) is 0 Å². The number of phenols is 1. The molecular formula is C18H22FN3O2.